The summed E-state index contributed by atoms with van der Waals surface area (Å²) < 4.78 is 11.8. The molecule has 0 bridgehead atoms. The minimum absolute atomic E-state index is 0. The molecule has 3 aliphatic rings. The molecule has 1 fully saturated rings. The van der Waals surface area contributed by atoms with Gasteiger partial charge in [-0.2, -0.15) is 0 Å². The van der Waals surface area contributed by atoms with E-state index < -0.39 is 0 Å². The van der Waals surface area contributed by atoms with Gasteiger partial charge in [0.15, 0.2) is 0 Å². The van der Waals surface area contributed by atoms with Crippen LogP contribution in [0.15, 0.2) is 24.3 Å². The summed E-state index contributed by atoms with van der Waals surface area (Å²) in [7, 11) is 0. The van der Waals surface area contributed by atoms with E-state index in [1.807, 2.05) is 12.1 Å². The number of thiophene rings is 1. The maximum absolute atomic E-state index is 12.8. The van der Waals surface area contributed by atoms with Crippen LogP contribution in [0.5, 0.6) is 5.75 Å². The summed E-state index contributed by atoms with van der Waals surface area (Å²) in [6.07, 6.45) is 3.82. The van der Waals surface area contributed by atoms with E-state index in [0.29, 0.717) is 6.54 Å². The van der Waals surface area contributed by atoms with Gasteiger partial charge < -0.3 is 20.1 Å². The number of piperidine rings is 1. The molecule has 7 heteroatoms. The highest BCUT2D eigenvalue weighted by atomic mass is 35.5. The highest BCUT2D eigenvalue weighted by Gasteiger charge is 2.41. The highest BCUT2D eigenvalue weighted by Crippen LogP contribution is 2.44. The van der Waals surface area contributed by atoms with E-state index in [-0.39, 0.29) is 23.9 Å². The molecule has 3 aliphatic heterocycles. The zero-order valence-corrected chi connectivity index (χ0v) is 17.3. The van der Waals surface area contributed by atoms with Crippen molar-refractivity contribution in [3.05, 3.63) is 50.7 Å². The van der Waals surface area contributed by atoms with E-state index in [1.54, 1.807) is 11.3 Å². The van der Waals surface area contributed by atoms with Crippen molar-refractivity contribution >= 4 is 29.7 Å². The first kappa shape index (κ1) is 19.7. The predicted molar refractivity (Wildman–Crippen MR) is 112 cm³/mol. The van der Waals surface area contributed by atoms with Crippen LogP contribution in [0.3, 0.4) is 0 Å². The molecule has 0 saturated carbocycles. The number of carbonyl (C=O) groups is 1. The molecule has 4 heterocycles. The zero-order chi connectivity index (χ0) is 18.3. The normalized spacial score (nSPS) is 19.3. The van der Waals surface area contributed by atoms with Gasteiger partial charge in [-0.1, -0.05) is 12.1 Å². The van der Waals surface area contributed by atoms with Crippen LogP contribution in [0.1, 0.15) is 44.1 Å². The Hall–Kier alpha value is -1.60. The van der Waals surface area contributed by atoms with Crippen molar-refractivity contribution in [2.24, 2.45) is 0 Å². The Bertz CT molecular complexity index is 877. The third-order valence-electron chi connectivity index (χ3n) is 5.81. The van der Waals surface area contributed by atoms with Crippen LogP contribution in [-0.2, 0) is 29.7 Å². The second kappa shape index (κ2) is 8.03. The van der Waals surface area contributed by atoms with Gasteiger partial charge in [0.25, 0.3) is 5.91 Å². The Kier molecular flexibility index (Phi) is 5.65. The van der Waals surface area contributed by atoms with Crippen LogP contribution in [0, 0.1) is 0 Å². The number of nitrogens with one attached hydrogen (secondary N) is 2. The van der Waals surface area contributed by atoms with E-state index in [0.717, 1.165) is 68.2 Å². The van der Waals surface area contributed by atoms with Gasteiger partial charge in [-0.15, -0.1) is 23.7 Å². The van der Waals surface area contributed by atoms with Crippen molar-refractivity contribution in [2.75, 3.05) is 26.3 Å². The number of amides is 1. The van der Waals surface area contributed by atoms with E-state index in [9.17, 15) is 4.79 Å². The Morgan fingerprint density at radius 3 is 2.82 bits per heavy atom. The molecule has 1 amide bonds. The third kappa shape index (κ3) is 3.54. The number of carbonyl (C=O) groups excluding carboxylic acids is 1. The minimum Gasteiger partial charge on any atom is -0.493 e. The average molecular weight is 421 g/mol. The summed E-state index contributed by atoms with van der Waals surface area (Å²) in [6, 6.07) is 8.26. The molecule has 28 heavy (non-hydrogen) atoms. The molecule has 0 atom stereocenters. The van der Waals surface area contributed by atoms with Crippen molar-refractivity contribution in [3.8, 4) is 5.75 Å². The van der Waals surface area contributed by atoms with Gasteiger partial charge in [-0.05, 0) is 61.2 Å². The molecule has 1 aromatic carbocycles. The zero-order valence-electron chi connectivity index (χ0n) is 15.7. The number of rotatable bonds is 3. The first-order chi connectivity index (χ1) is 13.2. The molecule has 5 rings (SSSR count). The monoisotopic (exact) mass is 420 g/mol. The lowest BCUT2D eigenvalue weighted by molar-refractivity contribution is -0.0771. The lowest BCUT2D eigenvalue weighted by Gasteiger charge is -2.40. The lowest BCUT2D eigenvalue weighted by atomic mass is 9.86. The topological polar surface area (TPSA) is 59.6 Å². The van der Waals surface area contributed by atoms with Gasteiger partial charge in [0.2, 0.25) is 0 Å². The second-order valence-corrected chi connectivity index (χ2v) is 8.58. The fourth-order valence-corrected chi connectivity index (χ4v) is 5.68. The van der Waals surface area contributed by atoms with E-state index in [1.165, 1.54) is 16.0 Å². The Morgan fingerprint density at radius 1 is 1.14 bits per heavy atom. The van der Waals surface area contributed by atoms with Crippen LogP contribution in [-0.4, -0.2) is 32.2 Å². The summed E-state index contributed by atoms with van der Waals surface area (Å²) in [5, 5.41) is 6.49. The molecule has 1 saturated heterocycles. The predicted octanol–water partition coefficient (Wildman–Crippen LogP) is 3.19. The number of hydrogen-bond acceptors (Lipinski definition) is 5. The molecule has 5 nitrogen and oxygen atoms in total. The maximum Gasteiger partial charge on any atom is 0.261 e. The fourth-order valence-electron chi connectivity index (χ4n) is 4.36. The van der Waals surface area contributed by atoms with Gasteiger partial charge in [-0.3, -0.25) is 4.79 Å². The van der Waals surface area contributed by atoms with Crippen LogP contribution in [0.4, 0.5) is 0 Å². The first-order valence-electron chi connectivity index (χ1n) is 9.74. The quantitative estimate of drug-likeness (QED) is 0.800. The Morgan fingerprint density at radius 2 is 1.96 bits per heavy atom. The molecule has 2 aromatic rings. The highest BCUT2D eigenvalue weighted by molar-refractivity contribution is 7.14. The number of hydrogen-bond donors (Lipinski definition) is 2. The van der Waals surface area contributed by atoms with E-state index in [2.05, 4.69) is 22.8 Å². The summed E-state index contributed by atoms with van der Waals surface area (Å²) >= 11 is 1.62. The van der Waals surface area contributed by atoms with Gasteiger partial charge in [0, 0.05) is 17.8 Å². The standard InChI is InChI=1S/C21H24N2O3S.ClH/c24-20(23-13-14-1-2-17-15(11-14)3-9-25-17)18-12-16-4-10-26-21(19(16)27-18)5-7-22-8-6-21;/h1-2,11-12,22H,3-10,13H2,(H,23,24);1H. The molecule has 1 aromatic heterocycles. The lowest BCUT2D eigenvalue weighted by Crippen LogP contribution is -2.43. The molecule has 150 valence electrons. The van der Waals surface area contributed by atoms with Gasteiger partial charge in [0.1, 0.15) is 11.4 Å². The van der Waals surface area contributed by atoms with Crippen molar-refractivity contribution in [1.82, 2.24) is 10.6 Å². The fraction of sp³-hybridized carbons (Fsp3) is 0.476. The smallest absolute Gasteiger partial charge is 0.261 e. The molecule has 1 spiro atoms. The van der Waals surface area contributed by atoms with Crippen molar-refractivity contribution in [1.29, 1.82) is 0 Å². The van der Waals surface area contributed by atoms with Crippen molar-refractivity contribution in [2.45, 2.75) is 37.8 Å². The molecular formula is C21H25ClN2O3S. The van der Waals surface area contributed by atoms with Crippen molar-refractivity contribution < 1.29 is 14.3 Å². The average Bonchev–Trinajstić information content (AvgIpc) is 3.34. The molecule has 2 N–H and O–H groups in total. The third-order valence-corrected chi connectivity index (χ3v) is 7.18. The Balaban J connectivity index is 0.00000192. The summed E-state index contributed by atoms with van der Waals surface area (Å²) in [5.74, 6) is 0.985. The van der Waals surface area contributed by atoms with Gasteiger partial charge in [-0.25, -0.2) is 0 Å². The van der Waals surface area contributed by atoms with Gasteiger partial charge in [0.05, 0.1) is 18.1 Å². The van der Waals surface area contributed by atoms with Gasteiger partial charge >= 0.3 is 0 Å². The van der Waals surface area contributed by atoms with Crippen LogP contribution in [0.2, 0.25) is 0 Å². The van der Waals surface area contributed by atoms with E-state index in [4.69, 9.17) is 9.47 Å². The summed E-state index contributed by atoms with van der Waals surface area (Å²) in [4.78, 5) is 14.8. The number of halogens is 1. The Labute approximate surface area is 175 Å². The molecule has 0 aliphatic carbocycles. The number of benzene rings is 1. The summed E-state index contributed by atoms with van der Waals surface area (Å²) in [6.45, 7) is 4.00. The molecule has 0 unspecified atom stereocenters. The number of ether oxygens (including phenoxy) is 2. The molecular weight excluding hydrogens is 396 g/mol. The SMILES string of the molecule is Cl.O=C(NCc1ccc2c(c1)CCO2)c1cc2c(s1)C1(CCNCC1)OCC2. The van der Waals surface area contributed by atoms with Crippen LogP contribution >= 0.6 is 23.7 Å². The second-order valence-electron chi connectivity index (χ2n) is 7.53. The number of fused-ring (bicyclic) bond motifs is 3. The first-order valence-corrected chi connectivity index (χ1v) is 10.6. The summed E-state index contributed by atoms with van der Waals surface area (Å²) in [5.41, 5.74) is 3.47. The van der Waals surface area contributed by atoms with E-state index >= 15 is 0 Å². The minimum atomic E-state index is -0.179. The maximum atomic E-state index is 12.8. The van der Waals surface area contributed by atoms with Crippen LogP contribution < -0.4 is 15.4 Å². The molecule has 0 radical (unpaired) electrons. The van der Waals surface area contributed by atoms with Crippen molar-refractivity contribution in [3.63, 3.8) is 0 Å². The van der Waals surface area contributed by atoms with Crippen LogP contribution in [0.25, 0.3) is 0 Å². The largest absolute Gasteiger partial charge is 0.493 e.